The topological polar surface area (TPSA) is 64.6 Å². The molecule has 1 atom stereocenters. The lowest BCUT2D eigenvalue weighted by Crippen LogP contribution is -2.28. The van der Waals surface area contributed by atoms with Crippen LogP contribution in [-0.2, 0) is 16.0 Å². The van der Waals surface area contributed by atoms with Crippen molar-refractivity contribution in [3.8, 4) is 5.75 Å². The highest BCUT2D eigenvalue weighted by molar-refractivity contribution is 8.32. The van der Waals surface area contributed by atoms with Gasteiger partial charge in [0.1, 0.15) is 24.7 Å². The Morgan fingerprint density at radius 2 is 2.00 bits per heavy atom. The standard InChI is InChI=1S/C21H29NO4S2/c1-28(2,3)16-14-25-21(24)22-12-10-19(20-9-6-15-27-20)26-18-8-5-4-7-17(18)11-13-23/h4-9,13,15,19H,10-12,14,16H2,1-3H3,(H,22,24)/t19-/m1/s1. The summed E-state index contributed by atoms with van der Waals surface area (Å²) in [6.45, 7) is 0.883. The van der Waals surface area contributed by atoms with Gasteiger partial charge in [-0.15, -0.1) is 11.3 Å². The zero-order valence-electron chi connectivity index (χ0n) is 16.7. The Morgan fingerprint density at radius 3 is 2.68 bits per heavy atom. The molecule has 28 heavy (non-hydrogen) atoms. The van der Waals surface area contributed by atoms with Crippen LogP contribution >= 0.6 is 21.4 Å². The minimum atomic E-state index is -0.675. The highest BCUT2D eigenvalue weighted by atomic mass is 32.3. The van der Waals surface area contributed by atoms with Gasteiger partial charge in [-0.25, -0.2) is 14.8 Å². The van der Waals surface area contributed by atoms with Gasteiger partial charge < -0.3 is 19.6 Å². The Morgan fingerprint density at radius 1 is 1.21 bits per heavy atom. The van der Waals surface area contributed by atoms with Crippen molar-refractivity contribution in [3.63, 3.8) is 0 Å². The van der Waals surface area contributed by atoms with Gasteiger partial charge in [0.05, 0.1) is 0 Å². The number of hydrogen-bond acceptors (Lipinski definition) is 5. The fourth-order valence-electron chi connectivity index (χ4n) is 2.50. The van der Waals surface area contributed by atoms with E-state index in [9.17, 15) is 9.59 Å². The fourth-order valence-corrected chi connectivity index (χ4v) is 3.88. The Labute approximate surface area is 172 Å². The van der Waals surface area contributed by atoms with E-state index in [2.05, 4.69) is 24.1 Å². The summed E-state index contributed by atoms with van der Waals surface area (Å²) >= 11 is 1.61. The summed E-state index contributed by atoms with van der Waals surface area (Å²) in [6, 6.07) is 11.5. The SMILES string of the molecule is CS(C)(C)CCOC(=O)NCC[C@@H](Oc1ccccc1CC=O)c1cccs1. The minimum absolute atomic E-state index is 0.202. The number of amides is 1. The molecule has 1 N–H and O–H groups in total. The van der Waals surface area contributed by atoms with E-state index in [-0.39, 0.29) is 6.10 Å². The smallest absolute Gasteiger partial charge is 0.407 e. The van der Waals surface area contributed by atoms with Crippen molar-refractivity contribution in [1.82, 2.24) is 5.32 Å². The molecule has 0 aliphatic carbocycles. The number of alkyl carbamates (subject to hydrolysis) is 1. The Balaban J connectivity index is 1.91. The molecule has 1 aromatic heterocycles. The molecule has 7 heteroatoms. The third-order valence-corrected chi connectivity index (χ3v) is 6.37. The van der Waals surface area contributed by atoms with E-state index in [1.165, 1.54) is 0 Å². The highest BCUT2D eigenvalue weighted by Crippen LogP contribution is 2.33. The van der Waals surface area contributed by atoms with E-state index in [0.717, 1.165) is 22.5 Å². The molecule has 0 bridgehead atoms. The summed E-state index contributed by atoms with van der Waals surface area (Å²) in [5, 5.41) is 4.80. The molecule has 2 aromatic rings. The third kappa shape index (κ3) is 7.94. The lowest BCUT2D eigenvalue weighted by atomic mass is 10.1. The van der Waals surface area contributed by atoms with Gasteiger partial charge in [-0.3, -0.25) is 0 Å². The molecular formula is C21H29NO4S2. The van der Waals surface area contributed by atoms with Gasteiger partial charge in [0.25, 0.3) is 0 Å². The fraction of sp³-hybridized carbons (Fsp3) is 0.429. The molecule has 0 radical (unpaired) electrons. The predicted molar refractivity (Wildman–Crippen MR) is 118 cm³/mol. The van der Waals surface area contributed by atoms with Crippen molar-refractivity contribution in [1.29, 1.82) is 0 Å². The van der Waals surface area contributed by atoms with Crippen LogP contribution in [0.1, 0.15) is 23.0 Å². The largest absolute Gasteiger partial charge is 0.485 e. The number of hydrogen-bond donors (Lipinski definition) is 1. The van der Waals surface area contributed by atoms with Crippen molar-refractivity contribution in [2.24, 2.45) is 0 Å². The number of rotatable bonds is 11. The van der Waals surface area contributed by atoms with Gasteiger partial charge >= 0.3 is 6.09 Å². The van der Waals surface area contributed by atoms with Gasteiger partial charge in [0.15, 0.2) is 0 Å². The van der Waals surface area contributed by atoms with Gasteiger partial charge in [-0.1, -0.05) is 24.3 Å². The van der Waals surface area contributed by atoms with E-state index in [0.29, 0.717) is 31.7 Å². The second-order valence-corrected chi connectivity index (χ2v) is 12.8. The van der Waals surface area contributed by atoms with Gasteiger partial charge in [0, 0.05) is 35.6 Å². The first-order valence-electron chi connectivity index (χ1n) is 9.17. The highest BCUT2D eigenvalue weighted by Gasteiger charge is 2.17. The average Bonchev–Trinajstić information content (AvgIpc) is 3.16. The quantitative estimate of drug-likeness (QED) is 0.544. The second kappa shape index (κ2) is 11.1. The third-order valence-electron chi connectivity index (χ3n) is 4.01. The molecule has 0 spiro atoms. The number of nitrogens with one attached hydrogen (secondary N) is 1. The molecule has 0 unspecified atom stereocenters. The zero-order valence-corrected chi connectivity index (χ0v) is 18.3. The number of carbonyl (C=O) groups is 2. The predicted octanol–water partition coefficient (Wildman–Crippen LogP) is 4.42. The maximum absolute atomic E-state index is 11.9. The Hall–Kier alpha value is -1.99. The Bertz CT molecular complexity index is 741. The summed E-state index contributed by atoms with van der Waals surface area (Å²) in [7, 11) is -0.675. The second-order valence-electron chi connectivity index (χ2n) is 7.25. The van der Waals surface area contributed by atoms with E-state index in [4.69, 9.17) is 9.47 Å². The van der Waals surface area contributed by atoms with Crippen LogP contribution in [0.3, 0.4) is 0 Å². The molecule has 0 aliphatic rings. The van der Waals surface area contributed by atoms with Crippen LogP contribution in [0.15, 0.2) is 41.8 Å². The Kier molecular flexibility index (Phi) is 8.86. The molecule has 1 aromatic carbocycles. The lowest BCUT2D eigenvalue weighted by Gasteiger charge is -2.24. The summed E-state index contributed by atoms with van der Waals surface area (Å²) < 4.78 is 11.5. The van der Waals surface area contributed by atoms with Crippen LogP contribution in [0.5, 0.6) is 5.75 Å². The van der Waals surface area contributed by atoms with Crippen LogP contribution in [0.2, 0.25) is 0 Å². The number of benzene rings is 1. The molecule has 154 valence electrons. The van der Waals surface area contributed by atoms with Gasteiger partial charge in [0.2, 0.25) is 0 Å². The van der Waals surface area contributed by atoms with Gasteiger partial charge in [-0.05, 0) is 36.3 Å². The molecule has 0 fully saturated rings. The zero-order chi connectivity index (χ0) is 20.4. The van der Waals surface area contributed by atoms with Crippen LogP contribution in [0.25, 0.3) is 0 Å². The first-order chi connectivity index (χ1) is 13.4. The first-order valence-corrected chi connectivity index (χ1v) is 13.1. The molecule has 1 amide bonds. The number of thiophene rings is 1. The summed E-state index contributed by atoms with van der Waals surface area (Å²) in [5.41, 5.74) is 0.858. The van der Waals surface area contributed by atoms with Crippen LogP contribution in [-0.4, -0.2) is 50.1 Å². The summed E-state index contributed by atoms with van der Waals surface area (Å²) in [6.07, 6.45) is 7.78. The summed E-state index contributed by atoms with van der Waals surface area (Å²) in [4.78, 5) is 23.9. The molecule has 0 saturated carbocycles. The molecule has 1 heterocycles. The van der Waals surface area contributed by atoms with Crippen molar-refractivity contribution in [2.45, 2.75) is 18.9 Å². The van der Waals surface area contributed by atoms with Crippen molar-refractivity contribution in [3.05, 3.63) is 52.2 Å². The monoisotopic (exact) mass is 423 g/mol. The van der Waals surface area contributed by atoms with Crippen molar-refractivity contribution in [2.75, 3.05) is 37.7 Å². The minimum Gasteiger partial charge on any atom is -0.485 e. The van der Waals surface area contributed by atoms with Crippen LogP contribution < -0.4 is 10.1 Å². The number of ether oxygens (including phenoxy) is 2. The normalized spacial score (nSPS) is 12.8. The van der Waals surface area contributed by atoms with Crippen molar-refractivity contribution < 1.29 is 19.1 Å². The number of aldehydes is 1. The number of carbonyl (C=O) groups excluding carboxylic acids is 2. The summed E-state index contributed by atoms with van der Waals surface area (Å²) in [5.74, 6) is 1.60. The van der Waals surface area contributed by atoms with Gasteiger partial charge in [-0.2, -0.15) is 0 Å². The molecule has 2 rings (SSSR count). The lowest BCUT2D eigenvalue weighted by molar-refractivity contribution is -0.107. The molecule has 5 nitrogen and oxygen atoms in total. The van der Waals surface area contributed by atoms with Crippen LogP contribution in [0, 0.1) is 0 Å². The van der Waals surface area contributed by atoms with E-state index >= 15 is 0 Å². The first kappa shape index (κ1) is 22.3. The maximum atomic E-state index is 11.9. The number of para-hydroxylation sites is 1. The molecular weight excluding hydrogens is 394 g/mol. The van der Waals surface area contributed by atoms with Crippen molar-refractivity contribution >= 4 is 33.7 Å². The molecule has 0 saturated heterocycles. The van der Waals surface area contributed by atoms with Crippen LogP contribution in [0.4, 0.5) is 4.79 Å². The molecule has 0 aliphatic heterocycles. The van der Waals surface area contributed by atoms with E-state index in [1.807, 2.05) is 41.8 Å². The van der Waals surface area contributed by atoms with E-state index in [1.54, 1.807) is 11.3 Å². The average molecular weight is 424 g/mol. The van der Waals surface area contributed by atoms with E-state index < -0.39 is 16.1 Å². The maximum Gasteiger partial charge on any atom is 0.407 e.